The molecule has 2 aromatic rings. The summed E-state index contributed by atoms with van der Waals surface area (Å²) in [6.07, 6.45) is 0. The lowest BCUT2D eigenvalue weighted by Gasteiger charge is -2.11. The Bertz CT molecular complexity index is 623. The van der Waals surface area contributed by atoms with Crippen molar-refractivity contribution in [3.63, 3.8) is 0 Å². The molecule has 1 aromatic heterocycles. The highest BCUT2D eigenvalue weighted by Gasteiger charge is 2.18. The molecule has 0 fully saturated rings. The summed E-state index contributed by atoms with van der Waals surface area (Å²) >= 11 is 3.46. The van der Waals surface area contributed by atoms with E-state index in [1.165, 1.54) is 0 Å². The second kappa shape index (κ2) is 5.13. The Morgan fingerprint density at radius 1 is 1.21 bits per heavy atom. The summed E-state index contributed by atoms with van der Waals surface area (Å²) in [5, 5.41) is 4.40. The molecule has 1 heterocycles. The number of hydrogen-bond acceptors (Lipinski definition) is 4. The van der Waals surface area contributed by atoms with Gasteiger partial charge in [-0.1, -0.05) is 0 Å². The summed E-state index contributed by atoms with van der Waals surface area (Å²) < 4.78 is 13.1. The molecular formula is C13H16BrN3O2. The number of nitrogens with two attached hydrogens (primary N) is 1. The molecule has 0 aliphatic heterocycles. The Hall–Kier alpha value is -1.69. The lowest BCUT2D eigenvalue weighted by atomic mass is 10.1. The van der Waals surface area contributed by atoms with Gasteiger partial charge in [0, 0.05) is 12.6 Å². The van der Waals surface area contributed by atoms with E-state index in [1.54, 1.807) is 25.9 Å². The van der Waals surface area contributed by atoms with Crippen molar-refractivity contribution in [2.75, 3.05) is 20.0 Å². The molecular weight excluding hydrogens is 310 g/mol. The maximum Gasteiger partial charge on any atom is 0.136 e. The van der Waals surface area contributed by atoms with Crippen molar-refractivity contribution in [1.29, 1.82) is 0 Å². The van der Waals surface area contributed by atoms with Gasteiger partial charge in [0.15, 0.2) is 0 Å². The van der Waals surface area contributed by atoms with Gasteiger partial charge in [-0.15, -0.1) is 0 Å². The van der Waals surface area contributed by atoms with Gasteiger partial charge in [-0.05, 0) is 40.5 Å². The molecule has 0 radical (unpaired) electrons. The summed E-state index contributed by atoms with van der Waals surface area (Å²) in [4.78, 5) is 0. The van der Waals surface area contributed by atoms with Gasteiger partial charge in [-0.25, -0.2) is 0 Å². The van der Waals surface area contributed by atoms with Crippen LogP contribution in [0.15, 0.2) is 16.6 Å². The van der Waals surface area contributed by atoms with Crippen LogP contribution in [0.2, 0.25) is 0 Å². The highest BCUT2D eigenvalue weighted by Crippen LogP contribution is 2.40. The predicted molar refractivity (Wildman–Crippen MR) is 78.6 cm³/mol. The van der Waals surface area contributed by atoms with Crippen LogP contribution < -0.4 is 15.2 Å². The zero-order valence-corrected chi connectivity index (χ0v) is 12.9. The van der Waals surface area contributed by atoms with Crippen LogP contribution in [0.3, 0.4) is 0 Å². The van der Waals surface area contributed by atoms with E-state index in [0.717, 1.165) is 32.8 Å². The number of hydrogen-bond donors (Lipinski definition) is 1. The Kier molecular flexibility index (Phi) is 3.71. The maximum absolute atomic E-state index is 5.91. The van der Waals surface area contributed by atoms with Gasteiger partial charge in [0.1, 0.15) is 23.0 Å². The van der Waals surface area contributed by atoms with E-state index in [4.69, 9.17) is 15.2 Å². The van der Waals surface area contributed by atoms with Gasteiger partial charge < -0.3 is 15.2 Å². The molecule has 0 aliphatic carbocycles. The molecule has 0 amide bonds. The van der Waals surface area contributed by atoms with E-state index >= 15 is 0 Å². The summed E-state index contributed by atoms with van der Waals surface area (Å²) in [6, 6.07) is 3.83. The quantitative estimate of drug-likeness (QED) is 0.942. The second-order valence-electron chi connectivity index (χ2n) is 4.19. The van der Waals surface area contributed by atoms with Crippen molar-refractivity contribution < 1.29 is 9.47 Å². The fourth-order valence-electron chi connectivity index (χ4n) is 1.92. The number of aryl methyl sites for hydroxylation is 2. The molecule has 5 nitrogen and oxygen atoms in total. The minimum Gasteiger partial charge on any atom is -0.496 e. The van der Waals surface area contributed by atoms with Gasteiger partial charge in [0.05, 0.1) is 18.7 Å². The number of nitrogens with zero attached hydrogens (tertiary/aromatic N) is 2. The molecule has 0 spiro atoms. The molecule has 102 valence electrons. The lowest BCUT2D eigenvalue weighted by Crippen LogP contribution is -1.97. The molecule has 0 aliphatic rings. The van der Waals surface area contributed by atoms with Crippen molar-refractivity contribution in [3.8, 4) is 22.8 Å². The van der Waals surface area contributed by atoms with E-state index in [2.05, 4.69) is 21.0 Å². The molecule has 0 saturated carbocycles. The van der Waals surface area contributed by atoms with Gasteiger partial charge in [0.2, 0.25) is 0 Å². The van der Waals surface area contributed by atoms with Crippen LogP contribution in [-0.2, 0) is 7.05 Å². The van der Waals surface area contributed by atoms with E-state index in [-0.39, 0.29) is 0 Å². The largest absolute Gasteiger partial charge is 0.496 e. The number of nitrogen functional groups attached to an aromatic ring is 1. The smallest absolute Gasteiger partial charge is 0.136 e. The standard InChI is InChI=1S/C13H16BrN3O2/c1-7-5-10(19-4)8(6-9(7)18-3)12-11(14)13(15)17(2)16-12/h5-6H,15H2,1-4H3. The third-order valence-corrected chi connectivity index (χ3v) is 3.79. The fourth-order valence-corrected chi connectivity index (χ4v) is 2.47. The van der Waals surface area contributed by atoms with Crippen molar-refractivity contribution in [1.82, 2.24) is 9.78 Å². The average molecular weight is 326 g/mol. The summed E-state index contributed by atoms with van der Waals surface area (Å²) in [5.41, 5.74) is 8.49. The third-order valence-electron chi connectivity index (χ3n) is 3.00. The van der Waals surface area contributed by atoms with Crippen molar-refractivity contribution in [2.45, 2.75) is 6.92 Å². The number of benzene rings is 1. The number of halogens is 1. The minimum atomic E-state index is 0.566. The van der Waals surface area contributed by atoms with Crippen LogP contribution in [0.1, 0.15) is 5.56 Å². The molecule has 0 atom stereocenters. The predicted octanol–water partition coefficient (Wildman–Crippen LogP) is 2.76. The molecule has 2 N–H and O–H groups in total. The fraction of sp³-hybridized carbons (Fsp3) is 0.308. The topological polar surface area (TPSA) is 62.3 Å². The molecule has 0 saturated heterocycles. The Balaban J connectivity index is 2.69. The van der Waals surface area contributed by atoms with E-state index in [1.807, 2.05) is 19.1 Å². The average Bonchev–Trinajstić information content (AvgIpc) is 2.66. The monoisotopic (exact) mass is 325 g/mol. The number of methoxy groups -OCH3 is 2. The van der Waals surface area contributed by atoms with E-state index in [9.17, 15) is 0 Å². The van der Waals surface area contributed by atoms with Gasteiger partial charge in [-0.3, -0.25) is 4.68 Å². The molecule has 0 unspecified atom stereocenters. The summed E-state index contributed by atoms with van der Waals surface area (Å²) in [5.74, 6) is 2.08. The van der Waals surface area contributed by atoms with E-state index < -0.39 is 0 Å². The molecule has 1 aromatic carbocycles. The van der Waals surface area contributed by atoms with Crippen LogP contribution in [0.4, 0.5) is 5.82 Å². The van der Waals surface area contributed by atoms with Crippen molar-refractivity contribution in [3.05, 3.63) is 22.2 Å². The molecule has 6 heteroatoms. The third kappa shape index (κ3) is 2.28. The normalized spacial score (nSPS) is 10.6. The first-order chi connectivity index (χ1) is 8.99. The van der Waals surface area contributed by atoms with Crippen LogP contribution >= 0.6 is 15.9 Å². The van der Waals surface area contributed by atoms with Crippen molar-refractivity contribution >= 4 is 21.7 Å². The van der Waals surface area contributed by atoms with Crippen LogP contribution in [-0.4, -0.2) is 24.0 Å². The second-order valence-corrected chi connectivity index (χ2v) is 4.99. The summed E-state index contributed by atoms with van der Waals surface area (Å²) in [6.45, 7) is 1.97. The first kappa shape index (κ1) is 13.7. The number of ether oxygens (including phenoxy) is 2. The van der Waals surface area contributed by atoms with Crippen LogP contribution in [0.25, 0.3) is 11.3 Å². The molecule has 19 heavy (non-hydrogen) atoms. The highest BCUT2D eigenvalue weighted by atomic mass is 79.9. The first-order valence-electron chi connectivity index (χ1n) is 5.70. The lowest BCUT2D eigenvalue weighted by molar-refractivity contribution is 0.401. The number of anilines is 1. The SMILES string of the molecule is COc1cc(-c2nn(C)c(N)c2Br)c(OC)cc1C. The Labute approximate surface area is 120 Å². The zero-order valence-electron chi connectivity index (χ0n) is 11.3. The Morgan fingerprint density at radius 3 is 2.32 bits per heavy atom. The minimum absolute atomic E-state index is 0.566. The number of aromatic nitrogens is 2. The van der Waals surface area contributed by atoms with E-state index in [0.29, 0.717) is 5.82 Å². The van der Waals surface area contributed by atoms with Gasteiger partial charge in [-0.2, -0.15) is 5.10 Å². The maximum atomic E-state index is 5.91. The highest BCUT2D eigenvalue weighted by molar-refractivity contribution is 9.10. The first-order valence-corrected chi connectivity index (χ1v) is 6.49. The Morgan fingerprint density at radius 2 is 1.84 bits per heavy atom. The zero-order chi connectivity index (χ0) is 14.2. The van der Waals surface area contributed by atoms with Crippen molar-refractivity contribution in [2.24, 2.45) is 7.05 Å². The number of rotatable bonds is 3. The van der Waals surface area contributed by atoms with Crippen LogP contribution in [0, 0.1) is 6.92 Å². The molecule has 0 bridgehead atoms. The van der Waals surface area contributed by atoms with Gasteiger partial charge in [0.25, 0.3) is 0 Å². The van der Waals surface area contributed by atoms with Crippen LogP contribution in [0.5, 0.6) is 11.5 Å². The van der Waals surface area contributed by atoms with Gasteiger partial charge >= 0.3 is 0 Å². The molecule has 2 rings (SSSR count). The summed E-state index contributed by atoms with van der Waals surface area (Å²) in [7, 11) is 5.06.